The summed E-state index contributed by atoms with van der Waals surface area (Å²) in [5, 5.41) is 19.8. The third kappa shape index (κ3) is 3.41. The normalized spacial score (nSPS) is 14.0. The Morgan fingerprint density at radius 2 is 2.10 bits per heavy atom. The molecule has 0 radical (unpaired) electrons. The predicted molar refractivity (Wildman–Crippen MR) is 77.2 cm³/mol. The third-order valence-electron chi connectivity index (χ3n) is 2.86. The highest BCUT2D eigenvalue weighted by Gasteiger charge is 2.23. The second-order valence-electron chi connectivity index (χ2n) is 4.39. The van der Waals surface area contributed by atoms with Gasteiger partial charge < -0.3 is 14.6 Å². The number of carbonyl (C=O) groups excluding carboxylic acids is 1. The fourth-order valence-corrected chi connectivity index (χ4v) is 2.51. The summed E-state index contributed by atoms with van der Waals surface area (Å²) < 4.78 is 4.44. The highest BCUT2D eigenvalue weighted by Crippen LogP contribution is 2.24. The predicted octanol–water partition coefficient (Wildman–Crippen LogP) is 0.155. The van der Waals surface area contributed by atoms with Crippen molar-refractivity contribution in [3.63, 3.8) is 0 Å². The zero-order valence-electron chi connectivity index (χ0n) is 11.0. The lowest BCUT2D eigenvalue weighted by Gasteiger charge is -2.18. The maximum Gasteiger partial charge on any atom is 0.419 e. The number of benzene rings is 1. The number of carbonyl (C=O) groups is 1. The van der Waals surface area contributed by atoms with E-state index in [9.17, 15) is 24.6 Å². The fraction of sp³-hybridized carbons (Fsp3) is 0.308. The van der Waals surface area contributed by atoms with Gasteiger partial charge in [0.2, 0.25) is 0 Å². The first-order chi connectivity index (χ1) is 9.90. The van der Waals surface area contributed by atoms with Crippen LogP contribution < -0.4 is 11.4 Å². The van der Waals surface area contributed by atoms with Crippen molar-refractivity contribution in [3.8, 4) is 0 Å². The van der Waals surface area contributed by atoms with Gasteiger partial charge in [-0.25, -0.2) is 9.59 Å². The number of fused-ring (bicyclic) bond motifs is 1. The smallest absolute Gasteiger partial charge is 0.389 e. The first kappa shape index (κ1) is 15.5. The zero-order valence-corrected chi connectivity index (χ0v) is 11.8. The van der Waals surface area contributed by atoms with Crippen molar-refractivity contribution in [1.29, 1.82) is 0 Å². The lowest BCUT2D eigenvalue weighted by molar-refractivity contribution is -0.109. The summed E-state index contributed by atoms with van der Waals surface area (Å²) in [4.78, 5) is 36.1. The SMILES string of the molecule is CC(=O)SCC(O)C(O)c1cccc2[nH]c(=O)oc(=O)c12. The van der Waals surface area contributed by atoms with Crippen molar-refractivity contribution in [2.45, 2.75) is 19.1 Å². The second-order valence-corrected chi connectivity index (χ2v) is 5.58. The van der Waals surface area contributed by atoms with Gasteiger partial charge in [0, 0.05) is 12.7 Å². The maximum atomic E-state index is 11.8. The number of nitrogens with one attached hydrogen (secondary N) is 1. The molecule has 1 aromatic carbocycles. The number of aromatic amines is 1. The standard InChI is InChI=1S/C13H13NO6S/c1-6(15)21-5-9(16)11(17)7-3-2-4-8-10(7)12(18)20-13(19)14-8/h2-4,9,11,16-17H,5H2,1H3,(H,14,19). The van der Waals surface area contributed by atoms with Gasteiger partial charge >= 0.3 is 11.4 Å². The van der Waals surface area contributed by atoms with Crippen LogP contribution >= 0.6 is 11.8 Å². The molecule has 2 atom stereocenters. The third-order valence-corrected chi connectivity index (χ3v) is 3.78. The quantitative estimate of drug-likeness (QED) is 0.735. The average Bonchev–Trinajstić information content (AvgIpc) is 2.42. The molecule has 2 aromatic rings. The Morgan fingerprint density at radius 3 is 2.76 bits per heavy atom. The lowest BCUT2D eigenvalue weighted by Crippen LogP contribution is -2.24. The molecule has 0 aliphatic heterocycles. The van der Waals surface area contributed by atoms with Crippen LogP contribution in [0.5, 0.6) is 0 Å². The van der Waals surface area contributed by atoms with Gasteiger partial charge in [-0.2, -0.15) is 0 Å². The molecule has 8 heteroatoms. The molecule has 21 heavy (non-hydrogen) atoms. The minimum absolute atomic E-state index is 0.00326. The van der Waals surface area contributed by atoms with E-state index in [1.54, 1.807) is 0 Å². The molecule has 0 saturated heterocycles. The Kier molecular flexibility index (Phi) is 4.61. The van der Waals surface area contributed by atoms with Crippen molar-refractivity contribution >= 4 is 27.8 Å². The summed E-state index contributed by atoms with van der Waals surface area (Å²) >= 11 is 0.866. The summed E-state index contributed by atoms with van der Waals surface area (Å²) in [6.07, 6.45) is -2.62. The zero-order chi connectivity index (χ0) is 15.6. The lowest BCUT2D eigenvalue weighted by atomic mass is 10.0. The molecule has 2 unspecified atom stereocenters. The Morgan fingerprint density at radius 1 is 1.38 bits per heavy atom. The number of hydrogen-bond acceptors (Lipinski definition) is 7. The Balaban J connectivity index is 2.44. The summed E-state index contributed by atoms with van der Waals surface area (Å²) in [6.45, 7) is 1.35. The molecular weight excluding hydrogens is 298 g/mol. The van der Waals surface area contributed by atoms with E-state index in [1.807, 2.05) is 0 Å². The molecule has 0 aliphatic rings. The molecule has 7 nitrogen and oxygen atoms in total. The van der Waals surface area contributed by atoms with Crippen LogP contribution in [0.25, 0.3) is 10.9 Å². The Hall–Kier alpha value is -1.90. The van der Waals surface area contributed by atoms with Crippen LogP contribution in [-0.4, -0.2) is 32.2 Å². The minimum atomic E-state index is -1.38. The van der Waals surface area contributed by atoms with Crippen LogP contribution in [0, 0.1) is 0 Å². The van der Waals surface area contributed by atoms with Crippen LogP contribution in [0.1, 0.15) is 18.6 Å². The van der Waals surface area contributed by atoms with E-state index in [0.717, 1.165) is 11.8 Å². The molecule has 1 aromatic heterocycles. The van der Waals surface area contributed by atoms with Crippen molar-refractivity contribution in [2.75, 3.05) is 5.75 Å². The highest BCUT2D eigenvalue weighted by molar-refractivity contribution is 8.13. The number of H-pyrrole nitrogens is 1. The second kappa shape index (κ2) is 6.25. The first-order valence-electron chi connectivity index (χ1n) is 6.05. The molecule has 0 spiro atoms. The van der Waals surface area contributed by atoms with Crippen molar-refractivity contribution < 1.29 is 19.4 Å². The van der Waals surface area contributed by atoms with E-state index in [1.165, 1.54) is 25.1 Å². The molecule has 0 fully saturated rings. The number of aliphatic hydroxyl groups excluding tert-OH is 2. The van der Waals surface area contributed by atoms with Gasteiger partial charge in [0.1, 0.15) is 6.10 Å². The molecule has 0 aliphatic carbocycles. The molecule has 2 rings (SSSR count). The molecule has 0 saturated carbocycles. The molecule has 112 valence electrons. The number of hydrogen-bond donors (Lipinski definition) is 3. The fourth-order valence-electron chi connectivity index (χ4n) is 1.92. The van der Waals surface area contributed by atoms with E-state index < -0.39 is 23.6 Å². The Labute approximate surface area is 122 Å². The summed E-state index contributed by atoms with van der Waals surface area (Å²) in [5.41, 5.74) is -0.553. The van der Waals surface area contributed by atoms with E-state index in [0.29, 0.717) is 0 Å². The molecule has 0 amide bonds. The molecule has 1 heterocycles. The van der Waals surface area contributed by atoms with Gasteiger partial charge in [-0.15, -0.1) is 0 Å². The van der Waals surface area contributed by atoms with Crippen LogP contribution in [0.2, 0.25) is 0 Å². The molecule has 3 N–H and O–H groups in total. The van der Waals surface area contributed by atoms with Gasteiger partial charge in [0.05, 0.1) is 17.0 Å². The number of aliphatic hydroxyl groups is 2. The van der Waals surface area contributed by atoms with Gasteiger partial charge in [-0.1, -0.05) is 23.9 Å². The maximum absolute atomic E-state index is 11.8. The van der Waals surface area contributed by atoms with Crippen molar-refractivity contribution in [1.82, 2.24) is 4.98 Å². The van der Waals surface area contributed by atoms with E-state index in [-0.39, 0.29) is 27.3 Å². The summed E-state index contributed by atoms with van der Waals surface area (Å²) in [5.74, 6) is -0.909. The number of aromatic nitrogens is 1. The topological polar surface area (TPSA) is 121 Å². The van der Waals surface area contributed by atoms with Crippen LogP contribution in [0.3, 0.4) is 0 Å². The largest absolute Gasteiger partial charge is 0.419 e. The van der Waals surface area contributed by atoms with Gasteiger partial charge in [-0.3, -0.25) is 9.78 Å². The van der Waals surface area contributed by atoms with Crippen molar-refractivity contribution in [3.05, 3.63) is 44.7 Å². The monoisotopic (exact) mass is 311 g/mol. The Bertz CT molecular complexity index is 780. The van der Waals surface area contributed by atoms with Gasteiger partial charge in [0.25, 0.3) is 0 Å². The summed E-state index contributed by atoms with van der Waals surface area (Å²) in [6, 6.07) is 4.46. The number of thioether (sulfide) groups is 1. The highest BCUT2D eigenvalue weighted by atomic mass is 32.2. The van der Waals surface area contributed by atoms with E-state index in [4.69, 9.17) is 0 Å². The van der Waals surface area contributed by atoms with Crippen molar-refractivity contribution in [2.24, 2.45) is 0 Å². The molecular formula is C13H13NO6S. The van der Waals surface area contributed by atoms with Crippen LogP contribution in [0.4, 0.5) is 0 Å². The van der Waals surface area contributed by atoms with E-state index >= 15 is 0 Å². The first-order valence-corrected chi connectivity index (χ1v) is 7.04. The number of rotatable bonds is 4. The summed E-state index contributed by atoms with van der Waals surface area (Å²) in [7, 11) is 0. The molecule has 0 bridgehead atoms. The minimum Gasteiger partial charge on any atom is -0.389 e. The average molecular weight is 311 g/mol. The van der Waals surface area contributed by atoms with Crippen LogP contribution in [0.15, 0.2) is 32.2 Å². The van der Waals surface area contributed by atoms with Gasteiger partial charge in [-0.05, 0) is 11.6 Å². The van der Waals surface area contributed by atoms with Crippen LogP contribution in [-0.2, 0) is 4.79 Å². The van der Waals surface area contributed by atoms with E-state index in [2.05, 4.69) is 9.40 Å². The van der Waals surface area contributed by atoms with Gasteiger partial charge in [0.15, 0.2) is 5.12 Å².